The third-order valence-electron chi connectivity index (χ3n) is 6.84. The maximum Gasteiger partial charge on any atom is 0.310 e. The van der Waals surface area contributed by atoms with Gasteiger partial charge in [0.2, 0.25) is 11.8 Å². The molecule has 2 aromatic carbocycles. The minimum atomic E-state index is -0.929. The van der Waals surface area contributed by atoms with Crippen LogP contribution in [0.25, 0.3) is 0 Å². The number of amides is 2. The molecule has 1 aliphatic carbocycles. The van der Waals surface area contributed by atoms with Crippen molar-refractivity contribution in [3.63, 3.8) is 0 Å². The van der Waals surface area contributed by atoms with Gasteiger partial charge in [-0.15, -0.1) is 0 Å². The summed E-state index contributed by atoms with van der Waals surface area (Å²) in [5.74, 6) is -3.47. The van der Waals surface area contributed by atoms with E-state index in [0.717, 1.165) is 0 Å². The summed E-state index contributed by atoms with van der Waals surface area (Å²) in [5, 5.41) is 13.8. The van der Waals surface area contributed by atoms with E-state index < -0.39 is 41.7 Å². The maximum atomic E-state index is 14.0. The van der Waals surface area contributed by atoms with E-state index in [1.54, 1.807) is 31.2 Å². The third-order valence-corrected chi connectivity index (χ3v) is 7.09. The summed E-state index contributed by atoms with van der Waals surface area (Å²) >= 11 is 5.98. The first-order chi connectivity index (χ1) is 16.9. The first kappa shape index (κ1) is 24.9. The quantitative estimate of drug-likeness (QED) is 0.448. The lowest BCUT2D eigenvalue weighted by molar-refractivity contribution is -0.155. The Hall–Kier alpha value is -3.16. The van der Waals surface area contributed by atoms with Crippen molar-refractivity contribution in [1.82, 2.24) is 4.90 Å². The topological polar surface area (TPSA) is 95.9 Å². The SMILES string of the molecule is CCOC(=O)[C@H]1[C@H]2C(=O)N([C@H](CO)c3ccccc3)[C@H](C(=O)Nc3ccc(Cl)cc3)[C@H]2C=C[C@H]1C. The largest absolute Gasteiger partial charge is 0.466 e. The standard InChI is InChI=1S/C27H29ClN2O5/c1-3-35-27(34)22-16(2)9-14-20-23(22)26(33)30(21(15-31)17-7-5-4-6-8-17)24(20)25(32)29-19-12-10-18(28)11-13-19/h4-14,16,20-24,31H,3,15H2,1-2H3,(H,29,32)/t16-,20+,21-,22-,23+,24+/m1/s1. The highest BCUT2D eigenvalue weighted by Crippen LogP contribution is 2.47. The lowest BCUT2D eigenvalue weighted by atomic mass is 9.70. The van der Waals surface area contributed by atoms with Crippen molar-refractivity contribution >= 4 is 35.1 Å². The molecule has 1 heterocycles. The lowest BCUT2D eigenvalue weighted by Crippen LogP contribution is -2.46. The van der Waals surface area contributed by atoms with Crippen LogP contribution in [0.1, 0.15) is 25.5 Å². The van der Waals surface area contributed by atoms with Gasteiger partial charge in [0.1, 0.15) is 6.04 Å². The lowest BCUT2D eigenvalue weighted by Gasteiger charge is -2.33. The van der Waals surface area contributed by atoms with Crippen LogP contribution in [0.5, 0.6) is 0 Å². The van der Waals surface area contributed by atoms with Gasteiger partial charge in [0.25, 0.3) is 0 Å². The minimum Gasteiger partial charge on any atom is -0.466 e. The van der Waals surface area contributed by atoms with Gasteiger partial charge in [0.15, 0.2) is 0 Å². The summed E-state index contributed by atoms with van der Waals surface area (Å²) in [7, 11) is 0. The molecule has 1 saturated heterocycles. The van der Waals surface area contributed by atoms with E-state index >= 15 is 0 Å². The molecule has 8 heteroatoms. The first-order valence-electron chi connectivity index (χ1n) is 11.8. The fraction of sp³-hybridized carbons (Fsp3) is 0.370. The molecule has 7 nitrogen and oxygen atoms in total. The number of carbonyl (C=O) groups is 3. The van der Waals surface area contributed by atoms with Crippen molar-refractivity contribution in [2.45, 2.75) is 25.9 Å². The zero-order valence-electron chi connectivity index (χ0n) is 19.6. The molecule has 1 aliphatic heterocycles. The Kier molecular flexibility index (Phi) is 7.57. The second-order valence-electron chi connectivity index (χ2n) is 8.92. The molecule has 0 radical (unpaired) electrons. The van der Waals surface area contributed by atoms with E-state index in [9.17, 15) is 19.5 Å². The van der Waals surface area contributed by atoms with Crippen molar-refractivity contribution in [1.29, 1.82) is 0 Å². The molecular formula is C27H29ClN2O5. The van der Waals surface area contributed by atoms with Gasteiger partial charge in [-0.3, -0.25) is 14.4 Å². The molecule has 1 fully saturated rings. The van der Waals surface area contributed by atoms with Gasteiger partial charge >= 0.3 is 5.97 Å². The molecule has 184 valence electrons. The maximum absolute atomic E-state index is 14.0. The molecule has 6 atom stereocenters. The van der Waals surface area contributed by atoms with Gasteiger partial charge < -0.3 is 20.1 Å². The van der Waals surface area contributed by atoms with Gasteiger partial charge in [-0.05, 0) is 42.7 Å². The van der Waals surface area contributed by atoms with Crippen molar-refractivity contribution in [3.8, 4) is 0 Å². The number of carbonyl (C=O) groups excluding carboxylic acids is 3. The molecule has 0 saturated carbocycles. The Balaban J connectivity index is 1.77. The van der Waals surface area contributed by atoms with Crippen LogP contribution in [0, 0.1) is 23.7 Å². The number of rotatable bonds is 7. The zero-order valence-corrected chi connectivity index (χ0v) is 20.4. The number of benzene rings is 2. The van der Waals surface area contributed by atoms with Crippen molar-refractivity contribution < 1.29 is 24.2 Å². The molecule has 35 heavy (non-hydrogen) atoms. The number of allylic oxidation sites excluding steroid dienone is 1. The third kappa shape index (κ3) is 4.83. The van der Waals surface area contributed by atoms with E-state index in [2.05, 4.69) is 5.32 Å². The summed E-state index contributed by atoms with van der Waals surface area (Å²) in [5.41, 5.74) is 1.24. The number of esters is 1. The number of aliphatic hydroxyl groups excluding tert-OH is 1. The number of halogens is 1. The molecule has 0 bridgehead atoms. The van der Waals surface area contributed by atoms with Crippen LogP contribution < -0.4 is 5.32 Å². The van der Waals surface area contributed by atoms with Crippen molar-refractivity contribution in [2.24, 2.45) is 23.7 Å². The van der Waals surface area contributed by atoms with Crippen LogP contribution in [0.3, 0.4) is 0 Å². The second-order valence-corrected chi connectivity index (χ2v) is 9.36. The molecule has 2 aliphatic rings. The van der Waals surface area contributed by atoms with E-state index in [1.807, 2.05) is 49.4 Å². The minimum absolute atomic E-state index is 0.199. The Morgan fingerprint density at radius 2 is 1.80 bits per heavy atom. The van der Waals surface area contributed by atoms with Gasteiger partial charge in [-0.2, -0.15) is 0 Å². The number of nitrogens with one attached hydrogen (secondary N) is 1. The number of hydrogen-bond acceptors (Lipinski definition) is 5. The highest BCUT2D eigenvalue weighted by atomic mass is 35.5. The monoisotopic (exact) mass is 496 g/mol. The van der Waals surface area contributed by atoms with Crippen molar-refractivity contribution in [3.05, 3.63) is 77.3 Å². The molecule has 0 unspecified atom stereocenters. The molecule has 0 aromatic heterocycles. The smallest absolute Gasteiger partial charge is 0.310 e. The fourth-order valence-corrected chi connectivity index (χ4v) is 5.38. The van der Waals surface area contributed by atoms with Gasteiger partial charge in [-0.25, -0.2) is 0 Å². The summed E-state index contributed by atoms with van der Waals surface area (Å²) in [6.07, 6.45) is 3.73. The number of aliphatic hydroxyl groups is 1. The summed E-state index contributed by atoms with van der Waals surface area (Å²) in [6, 6.07) is 14.1. The molecule has 0 spiro atoms. The van der Waals surface area contributed by atoms with E-state index in [-0.39, 0.29) is 25.0 Å². The number of anilines is 1. The van der Waals surface area contributed by atoms with Crippen LogP contribution in [0.4, 0.5) is 5.69 Å². The molecule has 2 N–H and O–H groups in total. The average Bonchev–Trinajstić information content (AvgIpc) is 3.14. The van der Waals surface area contributed by atoms with Gasteiger partial charge in [-0.1, -0.05) is 61.0 Å². The molecule has 2 aromatic rings. The van der Waals surface area contributed by atoms with E-state index in [4.69, 9.17) is 16.3 Å². The van der Waals surface area contributed by atoms with E-state index in [0.29, 0.717) is 16.3 Å². The second kappa shape index (κ2) is 10.6. The normalized spacial score (nSPS) is 26.2. The molecule has 4 rings (SSSR count). The summed E-state index contributed by atoms with van der Waals surface area (Å²) in [6.45, 7) is 3.42. The number of likely N-dealkylation sites (tertiary alicyclic amines) is 1. The Bertz CT molecular complexity index is 1100. The van der Waals surface area contributed by atoms with Gasteiger partial charge in [0, 0.05) is 16.6 Å². The number of fused-ring (bicyclic) bond motifs is 1. The van der Waals surface area contributed by atoms with Crippen LogP contribution in [-0.2, 0) is 19.1 Å². The Labute approximate surface area is 209 Å². The highest BCUT2D eigenvalue weighted by Gasteiger charge is 2.58. The average molecular weight is 497 g/mol. The summed E-state index contributed by atoms with van der Waals surface area (Å²) < 4.78 is 5.31. The number of ether oxygens (including phenoxy) is 1. The Morgan fingerprint density at radius 3 is 2.43 bits per heavy atom. The molecule has 2 amide bonds. The fourth-order valence-electron chi connectivity index (χ4n) is 5.25. The van der Waals surface area contributed by atoms with Gasteiger partial charge in [0.05, 0.1) is 31.1 Å². The summed E-state index contributed by atoms with van der Waals surface area (Å²) in [4.78, 5) is 42.0. The van der Waals surface area contributed by atoms with Crippen LogP contribution in [0.2, 0.25) is 5.02 Å². The van der Waals surface area contributed by atoms with Crippen LogP contribution >= 0.6 is 11.6 Å². The number of hydrogen-bond donors (Lipinski definition) is 2. The number of nitrogens with zero attached hydrogens (tertiary/aromatic N) is 1. The zero-order chi connectivity index (χ0) is 25.1. The first-order valence-corrected chi connectivity index (χ1v) is 12.1. The van der Waals surface area contributed by atoms with Crippen LogP contribution in [0.15, 0.2) is 66.7 Å². The van der Waals surface area contributed by atoms with Crippen LogP contribution in [-0.4, -0.2) is 47.0 Å². The Morgan fingerprint density at radius 1 is 1.11 bits per heavy atom. The predicted octanol–water partition coefficient (Wildman–Crippen LogP) is 3.84. The highest BCUT2D eigenvalue weighted by molar-refractivity contribution is 6.30. The van der Waals surface area contributed by atoms with Crippen molar-refractivity contribution in [2.75, 3.05) is 18.5 Å². The predicted molar refractivity (Wildman–Crippen MR) is 132 cm³/mol. The molecular weight excluding hydrogens is 468 g/mol. The van der Waals surface area contributed by atoms with E-state index in [1.165, 1.54) is 4.90 Å².